The van der Waals surface area contributed by atoms with Gasteiger partial charge >= 0.3 is 0 Å². The number of alkyl halides is 1. The number of hydrogen-bond acceptors (Lipinski definition) is 0. The Bertz CT molecular complexity index is 233. The molecule has 14 heavy (non-hydrogen) atoms. The third kappa shape index (κ3) is 1.13. The van der Waals surface area contributed by atoms with Crippen molar-refractivity contribution in [3.8, 4) is 0 Å². The van der Waals surface area contributed by atoms with E-state index in [-0.39, 0.29) is 0 Å². The van der Waals surface area contributed by atoms with E-state index in [4.69, 9.17) is 11.6 Å². The quantitative estimate of drug-likeness (QED) is 0.571. The van der Waals surface area contributed by atoms with E-state index in [1.165, 1.54) is 19.3 Å². The van der Waals surface area contributed by atoms with Gasteiger partial charge in [-0.05, 0) is 41.4 Å². The SMILES string of the molecule is CC1CCC(C)C2(C1)C(CCl)C2(C)C. The third-order valence-electron chi connectivity index (χ3n) is 5.42. The lowest BCUT2D eigenvalue weighted by Crippen LogP contribution is -2.27. The summed E-state index contributed by atoms with van der Waals surface area (Å²) in [6.45, 7) is 9.71. The molecule has 0 bridgehead atoms. The van der Waals surface area contributed by atoms with Crippen molar-refractivity contribution >= 4 is 11.6 Å². The molecule has 0 amide bonds. The predicted octanol–water partition coefficient (Wildman–Crippen LogP) is 4.32. The normalized spacial score (nSPS) is 50.8. The standard InChI is InChI=1S/C13H23Cl/c1-9-5-6-10(2)13(7-9)11(8-14)12(13,3)4/h9-11H,5-8H2,1-4H3. The van der Waals surface area contributed by atoms with E-state index in [1.807, 2.05) is 0 Å². The molecule has 0 aromatic heterocycles. The molecule has 4 unspecified atom stereocenters. The highest BCUT2D eigenvalue weighted by Gasteiger charge is 2.72. The summed E-state index contributed by atoms with van der Waals surface area (Å²) in [6.07, 6.45) is 4.25. The maximum Gasteiger partial charge on any atom is 0.0262 e. The number of halogens is 1. The Morgan fingerprint density at radius 3 is 2.36 bits per heavy atom. The molecular weight excluding hydrogens is 192 g/mol. The molecule has 2 fully saturated rings. The van der Waals surface area contributed by atoms with Gasteiger partial charge in [0.15, 0.2) is 0 Å². The zero-order chi connectivity index (χ0) is 10.6. The first-order chi connectivity index (χ1) is 6.46. The first-order valence-corrected chi connectivity index (χ1v) is 6.56. The minimum absolute atomic E-state index is 0.503. The second-order valence-corrected chi connectivity index (χ2v) is 6.57. The molecule has 0 saturated heterocycles. The summed E-state index contributed by atoms with van der Waals surface area (Å²) in [5, 5.41) is 0. The second-order valence-electron chi connectivity index (χ2n) is 6.26. The summed E-state index contributed by atoms with van der Waals surface area (Å²) in [4.78, 5) is 0. The third-order valence-corrected chi connectivity index (χ3v) is 5.73. The molecule has 0 aliphatic heterocycles. The van der Waals surface area contributed by atoms with Crippen LogP contribution in [0.1, 0.15) is 47.0 Å². The fraction of sp³-hybridized carbons (Fsp3) is 1.00. The van der Waals surface area contributed by atoms with Crippen LogP contribution in [0.25, 0.3) is 0 Å². The molecule has 0 nitrogen and oxygen atoms in total. The van der Waals surface area contributed by atoms with Crippen LogP contribution in [0.2, 0.25) is 0 Å². The Morgan fingerprint density at radius 1 is 1.21 bits per heavy atom. The van der Waals surface area contributed by atoms with Crippen LogP contribution in [0, 0.1) is 28.6 Å². The van der Waals surface area contributed by atoms with Gasteiger partial charge in [0.25, 0.3) is 0 Å². The smallest absolute Gasteiger partial charge is 0.0262 e. The maximum absolute atomic E-state index is 6.12. The van der Waals surface area contributed by atoms with Crippen molar-refractivity contribution < 1.29 is 0 Å². The maximum atomic E-state index is 6.12. The lowest BCUT2D eigenvalue weighted by Gasteiger charge is -2.36. The number of rotatable bonds is 1. The molecule has 1 spiro atoms. The molecule has 0 aromatic carbocycles. The molecule has 0 aromatic rings. The zero-order valence-electron chi connectivity index (χ0n) is 9.94. The van der Waals surface area contributed by atoms with Crippen molar-refractivity contribution in [3.63, 3.8) is 0 Å². The van der Waals surface area contributed by atoms with Gasteiger partial charge in [-0.1, -0.05) is 34.1 Å². The van der Waals surface area contributed by atoms with E-state index in [1.54, 1.807) is 0 Å². The molecule has 2 aliphatic rings. The second kappa shape index (κ2) is 3.14. The highest BCUT2D eigenvalue weighted by molar-refractivity contribution is 6.18. The summed E-state index contributed by atoms with van der Waals surface area (Å²) < 4.78 is 0. The highest BCUT2D eigenvalue weighted by Crippen LogP contribution is 2.77. The number of hydrogen-bond donors (Lipinski definition) is 0. The Hall–Kier alpha value is 0.290. The Kier molecular flexibility index (Phi) is 2.42. The average Bonchev–Trinajstić information content (AvgIpc) is 2.57. The van der Waals surface area contributed by atoms with Crippen molar-refractivity contribution in [1.29, 1.82) is 0 Å². The van der Waals surface area contributed by atoms with E-state index in [0.717, 1.165) is 23.6 Å². The van der Waals surface area contributed by atoms with E-state index in [2.05, 4.69) is 27.7 Å². The summed E-state index contributed by atoms with van der Waals surface area (Å²) >= 11 is 6.12. The molecule has 0 radical (unpaired) electrons. The van der Waals surface area contributed by atoms with Gasteiger partial charge in [0.1, 0.15) is 0 Å². The molecule has 2 saturated carbocycles. The molecular formula is C13H23Cl. The van der Waals surface area contributed by atoms with E-state index in [9.17, 15) is 0 Å². The topological polar surface area (TPSA) is 0 Å². The Morgan fingerprint density at radius 2 is 1.86 bits per heavy atom. The summed E-state index contributed by atoms with van der Waals surface area (Å²) in [5.41, 5.74) is 1.09. The van der Waals surface area contributed by atoms with Crippen molar-refractivity contribution in [2.24, 2.45) is 28.6 Å². The lowest BCUT2D eigenvalue weighted by atomic mass is 9.69. The minimum Gasteiger partial charge on any atom is -0.126 e. The van der Waals surface area contributed by atoms with Gasteiger partial charge in [-0.2, -0.15) is 0 Å². The molecule has 2 aliphatic carbocycles. The summed E-state index contributed by atoms with van der Waals surface area (Å²) in [6, 6.07) is 0. The molecule has 0 N–H and O–H groups in total. The fourth-order valence-corrected chi connectivity index (χ4v) is 5.05. The lowest BCUT2D eigenvalue weighted by molar-refractivity contribution is 0.136. The largest absolute Gasteiger partial charge is 0.126 e. The highest BCUT2D eigenvalue weighted by atomic mass is 35.5. The van der Waals surface area contributed by atoms with Crippen molar-refractivity contribution in [2.75, 3.05) is 5.88 Å². The van der Waals surface area contributed by atoms with Crippen LogP contribution < -0.4 is 0 Å². The van der Waals surface area contributed by atoms with Gasteiger partial charge in [-0.3, -0.25) is 0 Å². The molecule has 1 heteroatoms. The molecule has 82 valence electrons. The monoisotopic (exact) mass is 214 g/mol. The van der Waals surface area contributed by atoms with Gasteiger partial charge in [0.05, 0.1) is 0 Å². The van der Waals surface area contributed by atoms with Crippen LogP contribution in [0.5, 0.6) is 0 Å². The van der Waals surface area contributed by atoms with Gasteiger partial charge in [-0.15, -0.1) is 11.6 Å². The van der Waals surface area contributed by atoms with Gasteiger partial charge in [0.2, 0.25) is 0 Å². The van der Waals surface area contributed by atoms with E-state index in [0.29, 0.717) is 10.8 Å². The van der Waals surface area contributed by atoms with Crippen LogP contribution in [-0.2, 0) is 0 Å². The average molecular weight is 215 g/mol. The van der Waals surface area contributed by atoms with E-state index >= 15 is 0 Å². The Labute approximate surface area is 93.4 Å². The first-order valence-electron chi connectivity index (χ1n) is 6.02. The molecule has 4 atom stereocenters. The van der Waals surface area contributed by atoms with Crippen molar-refractivity contribution in [2.45, 2.75) is 47.0 Å². The summed E-state index contributed by atoms with van der Waals surface area (Å²) in [5.74, 6) is 3.44. The van der Waals surface area contributed by atoms with Gasteiger partial charge < -0.3 is 0 Å². The molecule has 0 heterocycles. The Balaban J connectivity index is 2.23. The van der Waals surface area contributed by atoms with Gasteiger partial charge in [0, 0.05) is 5.88 Å². The van der Waals surface area contributed by atoms with Crippen LogP contribution in [0.4, 0.5) is 0 Å². The summed E-state index contributed by atoms with van der Waals surface area (Å²) in [7, 11) is 0. The first kappa shape index (κ1) is 10.8. The van der Waals surface area contributed by atoms with Crippen LogP contribution in [-0.4, -0.2) is 5.88 Å². The zero-order valence-corrected chi connectivity index (χ0v) is 10.7. The van der Waals surface area contributed by atoms with Crippen LogP contribution in [0.15, 0.2) is 0 Å². The van der Waals surface area contributed by atoms with E-state index < -0.39 is 0 Å². The van der Waals surface area contributed by atoms with Crippen molar-refractivity contribution in [1.82, 2.24) is 0 Å². The molecule has 2 rings (SSSR count). The minimum atomic E-state index is 0.503. The van der Waals surface area contributed by atoms with Gasteiger partial charge in [-0.25, -0.2) is 0 Å². The van der Waals surface area contributed by atoms with Crippen LogP contribution in [0.3, 0.4) is 0 Å². The van der Waals surface area contributed by atoms with Crippen LogP contribution >= 0.6 is 11.6 Å². The van der Waals surface area contributed by atoms with Crippen molar-refractivity contribution in [3.05, 3.63) is 0 Å². The fourth-order valence-electron chi connectivity index (χ4n) is 4.39. The predicted molar refractivity (Wildman–Crippen MR) is 62.6 cm³/mol.